The summed E-state index contributed by atoms with van der Waals surface area (Å²) in [5.74, 6) is -0.417. The molecule has 0 unspecified atom stereocenters. The van der Waals surface area contributed by atoms with Crippen molar-refractivity contribution in [1.82, 2.24) is 14.1 Å². The molecular formula is C38H51N5O11S2. The topological polar surface area (TPSA) is 197 Å². The number of ether oxygens (including phenoxy) is 3. The van der Waals surface area contributed by atoms with Gasteiger partial charge in [-0.2, -0.15) is 12.7 Å². The van der Waals surface area contributed by atoms with E-state index in [0.717, 1.165) is 5.56 Å². The first-order chi connectivity index (χ1) is 26.1. The molecule has 4 rings (SSSR count). The van der Waals surface area contributed by atoms with Crippen LogP contribution in [0.1, 0.15) is 59.1 Å². The zero-order valence-corrected chi connectivity index (χ0v) is 34.4. The lowest BCUT2D eigenvalue weighted by Gasteiger charge is -2.34. The number of imide groups is 1. The van der Waals surface area contributed by atoms with Crippen molar-refractivity contribution >= 4 is 38.3 Å². The molecule has 0 bridgehead atoms. The molecule has 3 aromatic carbocycles. The molecule has 16 nitrogen and oxygen atoms in total. The molecule has 306 valence electrons. The van der Waals surface area contributed by atoms with Crippen molar-refractivity contribution in [3.8, 4) is 11.5 Å². The van der Waals surface area contributed by atoms with Gasteiger partial charge < -0.3 is 29.0 Å². The number of guanidine groups is 1. The Hall–Kier alpha value is -4.91. The number of nitrogens with two attached hydrogens (primary N) is 1. The molecule has 18 heteroatoms. The molecule has 1 aliphatic heterocycles. The minimum Gasteiger partial charge on any atom is -0.493 e. The van der Waals surface area contributed by atoms with Gasteiger partial charge >= 0.3 is 22.3 Å². The first-order valence-electron chi connectivity index (χ1n) is 17.9. The Kier molecular flexibility index (Phi) is 14.4. The van der Waals surface area contributed by atoms with Crippen molar-refractivity contribution in [2.75, 3.05) is 39.4 Å². The lowest BCUT2D eigenvalue weighted by molar-refractivity contribution is 0.0132. The average molecular weight is 818 g/mol. The van der Waals surface area contributed by atoms with E-state index >= 15 is 0 Å². The summed E-state index contributed by atoms with van der Waals surface area (Å²) in [4.78, 5) is 32.4. The Bertz CT molecular complexity index is 2050. The number of rotatable bonds is 13. The Morgan fingerprint density at radius 1 is 0.768 bits per heavy atom. The van der Waals surface area contributed by atoms with Crippen LogP contribution < -0.4 is 14.7 Å². The quantitative estimate of drug-likeness (QED) is 0.0752. The molecule has 1 aliphatic rings. The number of nitrogens with zero attached hydrogens (tertiary/aromatic N) is 4. The van der Waals surface area contributed by atoms with Crippen LogP contribution in [0.2, 0.25) is 0 Å². The molecule has 1 saturated heterocycles. The molecular weight excluding hydrogens is 767 g/mol. The lowest BCUT2D eigenvalue weighted by Crippen LogP contribution is -2.50. The highest BCUT2D eigenvalue weighted by Gasteiger charge is 2.36. The minimum atomic E-state index is -4.62. The fourth-order valence-electron chi connectivity index (χ4n) is 5.34. The maximum Gasteiger partial charge on any atom is 0.427 e. The highest BCUT2D eigenvalue weighted by atomic mass is 32.2. The largest absolute Gasteiger partial charge is 0.493 e. The van der Waals surface area contributed by atoms with Gasteiger partial charge in [0, 0.05) is 45.2 Å². The summed E-state index contributed by atoms with van der Waals surface area (Å²) in [5, 5.41) is 3.67. The maximum atomic E-state index is 13.8. The van der Waals surface area contributed by atoms with E-state index in [1.54, 1.807) is 54.5 Å². The summed E-state index contributed by atoms with van der Waals surface area (Å²) >= 11 is 0. The van der Waals surface area contributed by atoms with Crippen LogP contribution in [0.5, 0.6) is 11.5 Å². The van der Waals surface area contributed by atoms with E-state index in [-0.39, 0.29) is 49.1 Å². The molecule has 0 saturated carbocycles. The average Bonchev–Trinajstić information content (AvgIpc) is 3.08. The van der Waals surface area contributed by atoms with Gasteiger partial charge in [0.2, 0.25) is 10.0 Å². The number of benzene rings is 3. The van der Waals surface area contributed by atoms with E-state index in [4.69, 9.17) is 29.0 Å². The highest BCUT2D eigenvalue weighted by Crippen LogP contribution is 2.30. The van der Waals surface area contributed by atoms with Gasteiger partial charge in [-0.15, -0.1) is 4.90 Å². The SMILES string of the molecule is Cc1cc(OCCCON=C(N)N(C(=O)OC(C)(C)C)C(=O)OC(C)(C)C)cc(OS(=O)(=O)c2ccccc2S(=O)(=O)N2CCN(Cc3ccccc3)CC2)c1. The summed E-state index contributed by atoms with van der Waals surface area (Å²) in [5.41, 5.74) is 5.76. The number of oxime groups is 1. The van der Waals surface area contributed by atoms with E-state index < -0.39 is 54.4 Å². The molecule has 0 spiro atoms. The van der Waals surface area contributed by atoms with Crippen molar-refractivity contribution < 1.29 is 49.7 Å². The van der Waals surface area contributed by atoms with E-state index in [1.807, 2.05) is 30.3 Å². The van der Waals surface area contributed by atoms with E-state index in [9.17, 15) is 26.4 Å². The van der Waals surface area contributed by atoms with Crippen molar-refractivity contribution in [2.24, 2.45) is 10.9 Å². The predicted octanol–water partition coefficient (Wildman–Crippen LogP) is 5.46. The van der Waals surface area contributed by atoms with E-state index in [2.05, 4.69) is 10.1 Å². The number of amides is 2. The fourth-order valence-corrected chi connectivity index (χ4v) is 8.45. The van der Waals surface area contributed by atoms with E-state index in [0.29, 0.717) is 30.1 Å². The summed E-state index contributed by atoms with van der Waals surface area (Å²) in [7, 11) is -8.81. The third kappa shape index (κ3) is 12.8. The number of carbonyl (C=O) groups excluding carboxylic acids is 2. The normalized spacial score (nSPS) is 14.8. The summed E-state index contributed by atoms with van der Waals surface area (Å²) in [6, 6.07) is 19.8. The van der Waals surface area contributed by atoms with Gasteiger partial charge in [-0.1, -0.05) is 42.5 Å². The summed E-state index contributed by atoms with van der Waals surface area (Å²) in [6.45, 7) is 13.5. The Morgan fingerprint density at radius 3 is 1.91 bits per heavy atom. The second-order valence-electron chi connectivity index (χ2n) is 14.9. The molecule has 2 amide bonds. The van der Waals surface area contributed by atoms with Crippen LogP contribution in [0.25, 0.3) is 0 Å². The fraction of sp³-hybridized carbons (Fsp3) is 0.447. The Morgan fingerprint density at radius 2 is 1.32 bits per heavy atom. The van der Waals surface area contributed by atoms with Crippen LogP contribution in [-0.2, 0) is 41.0 Å². The van der Waals surface area contributed by atoms with Crippen molar-refractivity contribution in [3.05, 3.63) is 83.9 Å². The lowest BCUT2D eigenvalue weighted by atomic mass is 10.2. The molecule has 2 N–H and O–H groups in total. The van der Waals surface area contributed by atoms with Crippen molar-refractivity contribution in [1.29, 1.82) is 0 Å². The number of carbonyl (C=O) groups is 2. The zero-order chi connectivity index (χ0) is 41.3. The first-order valence-corrected chi connectivity index (χ1v) is 20.8. The highest BCUT2D eigenvalue weighted by molar-refractivity contribution is 7.91. The van der Waals surface area contributed by atoms with Gasteiger partial charge in [-0.3, -0.25) is 4.90 Å². The van der Waals surface area contributed by atoms with Gasteiger partial charge in [0.25, 0.3) is 5.96 Å². The Labute approximate surface area is 329 Å². The number of hydrogen-bond acceptors (Lipinski definition) is 13. The van der Waals surface area contributed by atoms with Gasteiger partial charge in [0.15, 0.2) is 0 Å². The van der Waals surface area contributed by atoms with Crippen LogP contribution in [0.3, 0.4) is 0 Å². The van der Waals surface area contributed by atoms with Gasteiger partial charge in [-0.25, -0.2) is 18.0 Å². The first kappa shape index (κ1) is 43.8. The molecule has 3 aromatic rings. The second kappa shape index (κ2) is 18.4. The van der Waals surface area contributed by atoms with E-state index in [1.165, 1.54) is 40.7 Å². The van der Waals surface area contributed by atoms with Crippen LogP contribution in [0.15, 0.2) is 87.7 Å². The molecule has 56 heavy (non-hydrogen) atoms. The number of piperazine rings is 1. The van der Waals surface area contributed by atoms with Gasteiger partial charge in [0.1, 0.15) is 39.1 Å². The molecule has 1 fully saturated rings. The number of hydrogen-bond donors (Lipinski definition) is 1. The van der Waals surface area contributed by atoms with Gasteiger partial charge in [0.05, 0.1) is 6.61 Å². The maximum absolute atomic E-state index is 13.8. The molecule has 0 radical (unpaired) electrons. The Balaban J connectivity index is 1.36. The van der Waals surface area contributed by atoms with Crippen LogP contribution in [0, 0.1) is 6.92 Å². The summed E-state index contributed by atoms with van der Waals surface area (Å²) in [6.07, 6.45) is -1.94. The van der Waals surface area contributed by atoms with Crippen LogP contribution >= 0.6 is 0 Å². The monoisotopic (exact) mass is 817 g/mol. The predicted molar refractivity (Wildman–Crippen MR) is 208 cm³/mol. The summed E-state index contributed by atoms with van der Waals surface area (Å²) < 4.78 is 77.9. The van der Waals surface area contributed by atoms with Crippen molar-refractivity contribution in [3.63, 3.8) is 0 Å². The van der Waals surface area contributed by atoms with Crippen LogP contribution in [-0.4, -0.2) is 99.7 Å². The molecule has 0 atom stereocenters. The smallest absolute Gasteiger partial charge is 0.427 e. The molecule has 0 aromatic heterocycles. The second-order valence-corrected chi connectivity index (χ2v) is 18.3. The van der Waals surface area contributed by atoms with Crippen molar-refractivity contribution in [2.45, 2.75) is 82.4 Å². The zero-order valence-electron chi connectivity index (χ0n) is 32.8. The molecule has 1 heterocycles. The molecule has 0 aliphatic carbocycles. The third-order valence-corrected chi connectivity index (χ3v) is 11.1. The standard InChI is InChI=1S/C38H51N5O11S2/c1-28-24-30(50-22-13-23-51-40-34(39)43(35(44)52-37(2,3)4)36(45)53-38(5,6)7)26-31(25-28)54-56(48,49)33-17-12-11-16-32(33)55(46,47)42-20-18-41(19-21-42)27-29-14-9-8-10-15-29/h8-12,14-17,24-26H,13,18-23,27H2,1-7H3,(H2,39,40). The minimum absolute atomic E-state index is 0.0476. The van der Waals surface area contributed by atoms with Crippen LogP contribution in [0.4, 0.5) is 9.59 Å². The van der Waals surface area contributed by atoms with Gasteiger partial charge in [-0.05, 0) is 89.0 Å². The number of aryl methyl sites for hydroxylation is 1. The number of sulfonamides is 1. The third-order valence-electron chi connectivity index (χ3n) is 7.73.